The SMILES string of the molecule is NCCNC(=O)C(=O)NC1Cc2ccccc2C1. The summed E-state index contributed by atoms with van der Waals surface area (Å²) in [6, 6.07) is 8.08. The van der Waals surface area contributed by atoms with E-state index in [4.69, 9.17) is 5.73 Å². The van der Waals surface area contributed by atoms with Crippen molar-refractivity contribution in [2.24, 2.45) is 5.73 Å². The van der Waals surface area contributed by atoms with Gasteiger partial charge in [-0.3, -0.25) is 9.59 Å². The highest BCUT2D eigenvalue weighted by Gasteiger charge is 2.24. The van der Waals surface area contributed by atoms with E-state index in [1.165, 1.54) is 11.1 Å². The van der Waals surface area contributed by atoms with Crippen molar-refractivity contribution in [2.45, 2.75) is 18.9 Å². The zero-order valence-corrected chi connectivity index (χ0v) is 10.1. The molecule has 5 nitrogen and oxygen atoms in total. The van der Waals surface area contributed by atoms with Gasteiger partial charge in [0.15, 0.2) is 0 Å². The van der Waals surface area contributed by atoms with Gasteiger partial charge in [-0.25, -0.2) is 0 Å². The summed E-state index contributed by atoms with van der Waals surface area (Å²) in [5.41, 5.74) is 7.73. The van der Waals surface area contributed by atoms with E-state index in [-0.39, 0.29) is 6.04 Å². The topological polar surface area (TPSA) is 84.2 Å². The van der Waals surface area contributed by atoms with Crippen LogP contribution in [0.25, 0.3) is 0 Å². The van der Waals surface area contributed by atoms with Gasteiger partial charge in [0.1, 0.15) is 0 Å². The van der Waals surface area contributed by atoms with Crippen molar-refractivity contribution in [3.63, 3.8) is 0 Å². The number of fused-ring (bicyclic) bond motifs is 1. The second kappa shape index (κ2) is 5.64. The van der Waals surface area contributed by atoms with Crippen LogP contribution >= 0.6 is 0 Å². The van der Waals surface area contributed by atoms with Crippen LogP contribution in [0.5, 0.6) is 0 Å². The third-order valence-corrected chi connectivity index (χ3v) is 3.02. The quantitative estimate of drug-likeness (QED) is 0.620. The number of carbonyl (C=O) groups is 2. The molecular formula is C13H17N3O2. The summed E-state index contributed by atoms with van der Waals surface area (Å²) < 4.78 is 0. The third kappa shape index (κ3) is 2.87. The minimum absolute atomic E-state index is 0.0125. The van der Waals surface area contributed by atoms with Crippen molar-refractivity contribution in [3.05, 3.63) is 35.4 Å². The van der Waals surface area contributed by atoms with Crippen molar-refractivity contribution >= 4 is 11.8 Å². The van der Waals surface area contributed by atoms with Gasteiger partial charge in [-0.2, -0.15) is 0 Å². The molecule has 4 N–H and O–H groups in total. The Labute approximate surface area is 106 Å². The van der Waals surface area contributed by atoms with Gasteiger partial charge in [0, 0.05) is 19.1 Å². The van der Waals surface area contributed by atoms with E-state index >= 15 is 0 Å². The molecule has 0 spiro atoms. The molecule has 0 saturated heterocycles. The van der Waals surface area contributed by atoms with Crippen molar-refractivity contribution in [2.75, 3.05) is 13.1 Å². The molecule has 0 heterocycles. The van der Waals surface area contributed by atoms with E-state index in [0.717, 1.165) is 12.8 Å². The predicted octanol–water partition coefficient (Wildman–Crippen LogP) is -0.655. The molecular weight excluding hydrogens is 230 g/mol. The molecule has 2 rings (SSSR count). The van der Waals surface area contributed by atoms with Gasteiger partial charge in [-0.1, -0.05) is 24.3 Å². The van der Waals surface area contributed by atoms with Crippen LogP contribution in [0.15, 0.2) is 24.3 Å². The molecule has 2 amide bonds. The zero-order valence-electron chi connectivity index (χ0n) is 10.1. The largest absolute Gasteiger partial charge is 0.347 e. The summed E-state index contributed by atoms with van der Waals surface area (Å²) in [4.78, 5) is 23.0. The molecule has 0 bridgehead atoms. The fourth-order valence-electron chi connectivity index (χ4n) is 2.18. The molecule has 0 saturated carbocycles. The highest BCUT2D eigenvalue weighted by Crippen LogP contribution is 2.21. The van der Waals surface area contributed by atoms with E-state index in [1.807, 2.05) is 12.1 Å². The van der Waals surface area contributed by atoms with E-state index in [1.54, 1.807) is 0 Å². The van der Waals surface area contributed by atoms with Gasteiger partial charge in [-0.05, 0) is 24.0 Å². The number of rotatable bonds is 3. The Morgan fingerprint density at radius 3 is 2.33 bits per heavy atom. The summed E-state index contributed by atoms with van der Waals surface area (Å²) in [7, 11) is 0. The van der Waals surface area contributed by atoms with Gasteiger partial charge in [0.2, 0.25) is 0 Å². The lowest BCUT2D eigenvalue weighted by Crippen LogP contribution is -2.45. The molecule has 18 heavy (non-hydrogen) atoms. The Kier molecular flexibility index (Phi) is 3.94. The first-order valence-corrected chi connectivity index (χ1v) is 6.06. The smallest absolute Gasteiger partial charge is 0.309 e. The molecule has 1 aromatic rings. The molecule has 0 fully saturated rings. The number of nitrogens with one attached hydrogen (secondary N) is 2. The molecule has 1 aliphatic rings. The molecule has 0 aromatic heterocycles. The summed E-state index contributed by atoms with van der Waals surface area (Å²) in [6.07, 6.45) is 1.57. The van der Waals surface area contributed by atoms with Gasteiger partial charge < -0.3 is 16.4 Å². The maximum Gasteiger partial charge on any atom is 0.309 e. The van der Waals surface area contributed by atoms with Crippen LogP contribution < -0.4 is 16.4 Å². The molecule has 0 radical (unpaired) electrons. The lowest BCUT2D eigenvalue weighted by Gasteiger charge is -2.11. The van der Waals surface area contributed by atoms with Gasteiger partial charge in [0.05, 0.1) is 0 Å². The molecule has 1 aliphatic carbocycles. The first kappa shape index (κ1) is 12.6. The summed E-state index contributed by atoms with van der Waals surface area (Å²) in [5.74, 6) is -1.20. The first-order valence-electron chi connectivity index (χ1n) is 6.06. The highest BCUT2D eigenvalue weighted by atomic mass is 16.2. The van der Waals surface area contributed by atoms with E-state index in [0.29, 0.717) is 13.1 Å². The highest BCUT2D eigenvalue weighted by molar-refractivity contribution is 6.35. The Hall–Kier alpha value is -1.88. The normalized spacial score (nSPS) is 14.1. The predicted molar refractivity (Wildman–Crippen MR) is 67.8 cm³/mol. The third-order valence-electron chi connectivity index (χ3n) is 3.02. The van der Waals surface area contributed by atoms with E-state index in [9.17, 15) is 9.59 Å². The van der Waals surface area contributed by atoms with Crippen LogP contribution in [0.2, 0.25) is 0 Å². The Morgan fingerprint density at radius 2 is 1.78 bits per heavy atom. The fourth-order valence-corrected chi connectivity index (χ4v) is 2.18. The second-order valence-electron chi connectivity index (χ2n) is 4.39. The van der Waals surface area contributed by atoms with Gasteiger partial charge in [0.25, 0.3) is 0 Å². The first-order chi connectivity index (χ1) is 8.70. The average Bonchev–Trinajstić information content (AvgIpc) is 2.77. The van der Waals surface area contributed by atoms with Crippen molar-refractivity contribution < 1.29 is 9.59 Å². The zero-order chi connectivity index (χ0) is 13.0. The molecule has 0 aliphatic heterocycles. The monoisotopic (exact) mass is 247 g/mol. The molecule has 96 valence electrons. The standard InChI is InChI=1S/C13H17N3O2/c14-5-6-15-12(17)13(18)16-11-7-9-3-1-2-4-10(9)8-11/h1-4,11H,5-8,14H2,(H,15,17)(H,16,18). The van der Waals surface area contributed by atoms with E-state index in [2.05, 4.69) is 22.8 Å². The van der Waals surface area contributed by atoms with Crippen LogP contribution in [0, 0.1) is 0 Å². The lowest BCUT2D eigenvalue weighted by atomic mass is 10.1. The molecule has 0 atom stereocenters. The van der Waals surface area contributed by atoms with Crippen LogP contribution in [-0.2, 0) is 22.4 Å². The number of carbonyl (C=O) groups excluding carboxylic acids is 2. The lowest BCUT2D eigenvalue weighted by molar-refractivity contribution is -0.139. The Morgan fingerprint density at radius 1 is 1.17 bits per heavy atom. The summed E-state index contributed by atoms with van der Waals surface area (Å²) in [5, 5.41) is 5.19. The number of benzene rings is 1. The van der Waals surface area contributed by atoms with Crippen LogP contribution in [-0.4, -0.2) is 30.9 Å². The average molecular weight is 247 g/mol. The van der Waals surface area contributed by atoms with Crippen molar-refractivity contribution in [1.29, 1.82) is 0 Å². The maximum absolute atomic E-state index is 11.6. The van der Waals surface area contributed by atoms with Crippen LogP contribution in [0.3, 0.4) is 0 Å². The van der Waals surface area contributed by atoms with Gasteiger partial charge in [-0.15, -0.1) is 0 Å². The number of hydrogen-bond donors (Lipinski definition) is 3. The Balaban J connectivity index is 1.86. The minimum atomic E-state index is -0.614. The van der Waals surface area contributed by atoms with Gasteiger partial charge >= 0.3 is 11.8 Å². The Bertz CT molecular complexity index is 434. The van der Waals surface area contributed by atoms with Crippen molar-refractivity contribution in [1.82, 2.24) is 10.6 Å². The molecule has 1 aromatic carbocycles. The summed E-state index contributed by atoms with van der Waals surface area (Å²) >= 11 is 0. The number of amides is 2. The minimum Gasteiger partial charge on any atom is -0.347 e. The van der Waals surface area contributed by atoms with E-state index < -0.39 is 11.8 Å². The van der Waals surface area contributed by atoms with Crippen LogP contribution in [0.4, 0.5) is 0 Å². The van der Waals surface area contributed by atoms with Crippen molar-refractivity contribution in [3.8, 4) is 0 Å². The second-order valence-corrected chi connectivity index (χ2v) is 4.39. The van der Waals surface area contributed by atoms with Crippen LogP contribution in [0.1, 0.15) is 11.1 Å². The maximum atomic E-state index is 11.6. The number of nitrogens with two attached hydrogens (primary N) is 1. The molecule has 5 heteroatoms. The number of hydrogen-bond acceptors (Lipinski definition) is 3. The fraction of sp³-hybridized carbons (Fsp3) is 0.385. The molecule has 0 unspecified atom stereocenters. The summed E-state index contributed by atoms with van der Waals surface area (Å²) in [6.45, 7) is 0.644.